The summed E-state index contributed by atoms with van der Waals surface area (Å²) in [5.41, 5.74) is 0.927. The van der Waals surface area contributed by atoms with Gasteiger partial charge in [-0.2, -0.15) is 0 Å². The van der Waals surface area contributed by atoms with E-state index in [9.17, 15) is 9.18 Å². The maximum Gasteiger partial charge on any atom is 0.254 e. The molecule has 4 heteroatoms. The maximum atomic E-state index is 13.6. The lowest BCUT2D eigenvalue weighted by molar-refractivity contribution is 0.0935. The summed E-state index contributed by atoms with van der Waals surface area (Å²) >= 11 is 0. The fourth-order valence-electron chi connectivity index (χ4n) is 1.90. The Hall–Kier alpha value is -2.10. The van der Waals surface area contributed by atoms with Crippen LogP contribution in [-0.2, 0) is 6.42 Å². The molecule has 2 aromatic rings. The Balaban J connectivity index is 2.02. The minimum Gasteiger partial charge on any atom is -0.469 e. The van der Waals surface area contributed by atoms with E-state index < -0.39 is 11.7 Å². The predicted octanol–water partition coefficient (Wildman–Crippen LogP) is 3.09. The molecule has 1 N–H and O–H groups in total. The second kappa shape index (κ2) is 5.69. The highest BCUT2D eigenvalue weighted by molar-refractivity contribution is 5.94. The van der Waals surface area contributed by atoms with Crippen LogP contribution in [0.2, 0.25) is 0 Å². The second-order valence-electron chi connectivity index (χ2n) is 4.64. The monoisotopic (exact) mass is 261 g/mol. The molecule has 3 nitrogen and oxygen atoms in total. The molecular formula is C15H16FNO2. The third-order valence-corrected chi connectivity index (χ3v) is 2.83. The average molecular weight is 261 g/mol. The van der Waals surface area contributed by atoms with Gasteiger partial charge in [-0.25, -0.2) is 4.39 Å². The van der Waals surface area contributed by atoms with Crippen molar-refractivity contribution in [1.29, 1.82) is 0 Å². The molecule has 0 saturated heterocycles. The lowest BCUT2D eigenvalue weighted by Crippen LogP contribution is -2.34. The molecule has 1 unspecified atom stereocenters. The largest absolute Gasteiger partial charge is 0.469 e. The zero-order chi connectivity index (χ0) is 13.8. The normalized spacial score (nSPS) is 12.2. The third kappa shape index (κ3) is 3.44. The molecule has 0 saturated carbocycles. The number of halogens is 1. The second-order valence-corrected chi connectivity index (χ2v) is 4.64. The van der Waals surface area contributed by atoms with Crippen molar-refractivity contribution in [3.8, 4) is 0 Å². The van der Waals surface area contributed by atoms with Gasteiger partial charge in [-0.3, -0.25) is 4.79 Å². The summed E-state index contributed by atoms with van der Waals surface area (Å²) in [5.74, 6) is -0.119. The highest BCUT2D eigenvalue weighted by Crippen LogP contribution is 2.11. The molecular weight excluding hydrogens is 245 g/mol. The van der Waals surface area contributed by atoms with Crippen LogP contribution in [0.15, 0.2) is 41.0 Å². The minimum atomic E-state index is -0.506. The van der Waals surface area contributed by atoms with E-state index in [-0.39, 0.29) is 11.6 Å². The summed E-state index contributed by atoms with van der Waals surface area (Å²) in [7, 11) is 0. The first kappa shape index (κ1) is 13.3. The lowest BCUT2D eigenvalue weighted by Gasteiger charge is -2.13. The molecule has 1 heterocycles. The van der Waals surface area contributed by atoms with Crippen molar-refractivity contribution in [3.63, 3.8) is 0 Å². The Labute approximate surface area is 111 Å². The van der Waals surface area contributed by atoms with Crippen LogP contribution in [0.25, 0.3) is 0 Å². The molecule has 19 heavy (non-hydrogen) atoms. The summed E-state index contributed by atoms with van der Waals surface area (Å²) in [6.45, 7) is 3.68. The Kier molecular flexibility index (Phi) is 4.00. The Morgan fingerprint density at radius 1 is 1.42 bits per heavy atom. The van der Waals surface area contributed by atoms with Crippen LogP contribution >= 0.6 is 0 Å². The number of amides is 1. The summed E-state index contributed by atoms with van der Waals surface area (Å²) in [6.07, 6.45) is 2.16. The first-order valence-corrected chi connectivity index (χ1v) is 6.15. The molecule has 0 spiro atoms. The van der Waals surface area contributed by atoms with Crippen molar-refractivity contribution >= 4 is 5.91 Å². The summed E-state index contributed by atoms with van der Waals surface area (Å²) in [4.78, 5) is 12.0. The van der Waals surface area contributed by atoms with E-state index in [0.29, 0.717) is 6.42 Å². The highest BCUT2D eigenvalue weighted by atomic mass is 19.1. The van der Waals surface area contributed by atoms with Gasteiger partial charge in [0.2, 0.25) is 0 Å². The van der Waals surface area contributed by atoms with Gasteiger partial charge in [0.25, 0.3) is 5.91 Å². The van der Waals surface area contributed by atoms with Crippen LogP contribution in [0.4, 0.5) is 4.39 Å². The Morgan fingerprint density at radius 3 is 2.89 bits per heavy atom. The number of furan rings is 1. The molecule has 1 amide bonds. The van der Waals surface area contributed by atoms with Crippen molar-refractivity contribution in [3.05, 3.63) is 59.3 Å². The van der Waals surface area contributed by atoms with Gasteiger partial charge in [0.15, 0.2) is 0 Å². The van der Waals surface area contributed by atoms with Crippen molar-refractivity contribution in [2.75, 3.05) is 0 Å². The number of benzene rings is 1. The number of hydrogen-bond donors (Lipinski definition) is 1. The van der Waals surface area contributed by atoms with Crippen molar-refractivity contribution < 1.29 is 13.6 Å². The van der Waals surface area contributed by atoms with Gasteiger partial charge < -0.3 is 9.73 Å². The first-order chi connectivity index (χ1) is 9.06. The number of carbonyl (C=O) groups excluding carboxylic acids is 1. The van der Waals surface area contributed by atoms with Crippen LogP contribution in [0, 0.1) is 12.7 Å². The molecule has 1 aromatic carbocycles. The first-order valence-electron chi connectivity index (χ1n) is 6.15. The van der Waals surface area contributed by atoms with Crippen LogP contribution in [-0.4, -0.2) is 11.9 Å². The maximum absolute atomic E-state index is 13.6. The van der Waals surface area contributed by atoms with Gasteiger partial charge >= 0.3 is 0 Å². The molecule has 0 aliphatic heterocycles. The van der Waals surface area contributed by atoms with Crippen LogP contribution in [0.5, 0.6) is 0 Å². The number of aryl methyl sites for hydroxylation is 1. The van der Waals surface area contributed by atoms with Crippen molar-refractivity contribution in [1.82, 2.24) is 5.32 Å². The molecule has 1 aromatic heterocycles. The predicted molar refractivity (Wildman–Crippen MR) is 70.5 cm³/mol. The summed E-state index contributed by atoms with van der Waals surface area (Å²) in [5, 5.41) is 2.76. The van der Waals surface area contributed by atoms with Crippen LogP contribution in [0.1, 0.15) is 28.6 Å². The molecule has 100 valence electrons. The molecule has 0 aliphatic rings. The molecule has 1 atom stereocenters. The molecule has 0 fully saturated rings. The zero-order valence-corrected chi connectivity index (χ0v) is 10.9. The van der Waals surface area contributed by atoms with Gasteiger partial charge in [-0.1, -0.05) is 11.6 Å². The van der Waals surface area contributed by atoms with Crippen molar-refractivity contribution in [2.45, 2.75) is 26.3 Å². The Bertz CT molecular complexity index is 564. The van der Waals surface area contributed by atoms with Gasteiger partial charge in [0, 0.05) is 12.5 Å². The molecule has 2 rings (SSSR count). The molecule has 0 bridgehead atoms. The van der Waals surface area contributed by atoms with E-state index in [1.54, 1.807) is 24.5 Å². The lowest BCUT2D eigenvalue weighted by atomic mass is 10.1. The number of nitrogens with one attached hydrogen (secondary N) is 1. The molecule has 0 radical (unpaired) electrons. The standard InChI is InChI=1S/C15H16FNO2/c1-10-5-6-14(16)13(8-10)15(18)17-11(2)9-12-4-3-7-19-12/h3-8,11H,9H2,1-2H3,(H,17,18). The highest BCUT2D eigenvalue weighted by Gasteiger charge is 2.15. The fraction of sp³-hybridized carbons (Fsp3) is 0.267. The van der Waals surface area contributed by atoms with E-state index in [2.05, 4.69) is 5.32 Å². The van der Waals surface area contributed by atoms with E-state index in [0.717, 1.165) is 11.3 Å². The average Bonchev–Trinajstić information content (AvgIpc) is 2.84. The quantitative estimate of drug-likeness (QED) is 0.919. The number of carbonyl (C=O) groups is 1. The van der Waals surface area contributed by atoms with Gasteiger partial charge in [0.1, 0.15) is 11.6 Å². The van der Waals surface area contributed by atoms with Crippen LogP contribution < -0.4 is 5.32 Å². The van der Waals surface area contributed by atoms with Crippen LogP contribution in [0.3, 0.4) is 0 Å². The van der Waals surface area contributed by atoms with E-state index >= 15 is 0 Å². The van der Waals surface area contributed by atoms with E-state index in [4.69, 9.17) is 4.42 Å². The van der Waals surface area contributed by atoms with E-state index in [1.807, 2.05) is 19.9 Å². The van der Waals surface area contributed by atoms with Gasteiger partial charge in [-0.15, -0.1) is 0 Å². The van der Waals surface area contributed by atoms with Gasteiger partial charge in [0.05, 0.1) is 11.8 Å². The topological polar surface area (TPSA) is 42.2 Å². The minimum absolute atomic E-state index is 0.0753. The Morgan fingerprint density at radius 2 is 2.21 bits per heavy atom. The number of hydrogen-bond acceptors (Lipinski definition) is 2. The SMILES string of the molecule is Cc1ccc(F)c(C(=O)NC(C)Cc2ccco2)c1. The summed E-state index contributed by atoms with van der Waals surface area (Å²) in [6, 6.07) is 8.00. The summed E-state index contributed by atoms with van der Waals surface area (Å²) < 4.78 is 18.8. The molecule has 0 aliphatic carbocycles. The zero-order valence-electron chi connectivity index (χ0n) is 10.9. The number of rotatable bonds is 4. The van der Waals surface area contributed by atoms with Gasteiger partial charge in [-0.05, 0) is 38.1 Å². The van der Waals surface area contributed by atoms with E-state index in [1.165, 1.54) is 6.07 Å². The third-order valence-electron chi connectivity index (χ3n) is 2.83. The van der Waals surface area contributed by atoms with Crippen molar-refractivity contribution in [2.24, 2.45) is 0 Å². The fourth-order valence-corrected chi connectivity index (χ4v) is 1.90. The smallest absolute Gasteiger partial charge is 0.254 e.